The fourth-order valence-corrected chi connectivity index (χ4v) is 5.72. The molecule has 0 aliphatic carbocycles. The zero-order chi connectivity index (χ0) is 19.5. The van der Waals surface area contributed by atoms with Crippen molar-refractivity contribution in [2.75, 3.05) is 24.2 Å². The van der Waals surface area contributed by atoms with E-state index < -0.39 is 0 Å². The molecule has 0 unspecified atom stereocenters. The third-order valence-corrected chi connectivity index (χ3v) is 7.36. The van der Waals surface area contributed by atoms with E-state index in [4.69, 9.17) is 14.7 Å². The molecule has 0 atom stereocenters. The summed E-state index contributed by atoms with van der Waals surface area (Å²) < 4.78 is 6.84. The monoisotopic (exact) mass is 416 g/mol. The summed E-state index contributed by atoms with van der Waals surface area (Å²) in [5.74, 6) is 1.05. The maximum Gasteiger partial charge on any atom is 0.269 e. The normalized spacial score (nSPS) is 19.3. The lowest BCUT2D eigenvalue weighted by Crippen LogP contribution is -2.36. The Morgan fingerprint density at radius 3 is 2.71 bits per heavy atom. The van der Waals surface area contributed by atoms with Gasteiger partial charge in [-0.2, -0.15) is 0 Å². The van der Waals surface area contributed by atoms with E-state index in [1.807, 2.05) is 6.26 Å². The average molecular weight is 417 g/mol. The number of anilines is 1. The van der Waals surface area contributed by atoms with Crippen LogP contribution in [0.1, 0.15) is 44.2 Å². The second-order valence-electron chi connectivity index (χ2n) is 8.20. The van der Waals surface area contributed by atoms with Gasteiger partial charge in [0.1, 0.15) is 15.3 Å². The topological polar surface area (TPSA) is 71.1 Å². The van der Waals surface area contributed by atoms with E-state index in [1.54, 1.807) is 0 Å². The number of rotatable bonds is 2. The summed E-state index contributed by atoms with van der Waals surface area (Å²) in [6.07, 6.45) is 6.41. The quantitative estimate of drug-likeness (QED) is 0.501. The van der Waals surface area contributed by atoms with E-state index in [-0.39, 0.29) is 11.2 Å². The molecule has 3 aromatic rings. The van der Waals surface area contributed by atoms with Crippen LogP contribution in [0.5, 0.6) is 0 Å². The molecule has 5 heterocycles. The van der Waals surface area contributed by atoms with Gasteiger partial charge in [-0.25, -0.2) is 9.97 Å². The summed E-state index contributed by atoms with van der Waals surface area (Å²) in [4.78, 5) is 28.7. The van der Waals surface area contributed by atoms with Crippen LogP contribution in [0.25, 0.3) is 20.4 Å². The Hall–Kier alpha value is -1.64. The van der Waals surface area contributed by atoms with E-state index in [0.29, 0.717) is 16.5 Å². The Balaban J connectivity index is 1.84. The van der Waals surface area contributed by atoms with Gasteiger partial charge >= 0.3 is 0 Å². The molecule has 1 N–H and O–H groups in total. The summed E-state index contributed by atoms with van der Waals surface area (Å²) in [6, 6.07) is 0. The second-order valence-corrected chi connectivity index (χ2v) is 9.99. The number of hydrogen-bond acceptors (Lipinski definition) is 7. The van der Waals surface area contributed by atoms with Gasteiger partial charge in [0.2, 0.25) is 0 Å². The predicted octanol–water partition coefficient (Wildman–Crippen LogP) is 4.10. The largest absolute Gasteiger partial charge is 0.370 e. The highest BCUT2D eigenvalue weighted by Crippen LogP contribution is 2.42. The lowest BCUT2D eigenvalue weighted by atomic mass is 9.90. The maximum absolute atomic E-state index is 12.6. The number of H-pyrrole nitrogens is 1. The van der Waals surface area contributed by atoms with E-state index in [1.165, 1.54) is 53.5 Å². The van der Waals surface area contributed by atoms with Crippen LogP contribution < -0.4 is 10.5 Å². The van der Waals surface area contributed by atoms with Crippen molar-refractivity contribution in [3.8, 4) is 0 Å². The van der Waals surface area contributed by atoms with Crippen LogP contribution in [0.15, 0.2) is 9.95 Å². The van der Waals surface area contributed by atoms with Gasteiger partial charge in [-0.05, 0) is 44.9 Å². The molecule has 8 heteroatoms. The molecule has 0 aromatic carbocycles. The number of piperidine rings is 1. The van der Waals surface area contributed by atoms with Crippen LogP contribution >= 0.6 is 23.1 Å². The van der Waals surface area contributed by atoms with Crippen LogP contribution in [0.2, 0.25) is 0 Å². The summed E-state index contributed by atoms with van der Waals surface area (Å²) in [5, 5.41) is 1.70. The minimum absolute atomic E-state index is 0.0723. The predicted molar refractivity (Wildman–Crippen MR) is 116 cm³/mol. The lowest BCUT2D eigenvalue weighted by Gasteiger charge is -2.36. The fraction of sp³-hybridized carbons (Fsp3) is 0.550. The number of thioether (sulfide) groups is 1. The molecule has 5 rings (SSSR count). The zero-order valence-corrected chi connectivity index (χ0v) is 18.1. The highest BCUT2D eigenvalue weighted by molar-refractivity contribution is 7.98. The molecule has 6 nitrogen and oxygen atoms in total. The number of nitrogens with zero attached hydrogens (tertiary/aromatic N) is 3. The highest BCUT2D eigenvalue weighted by atomic mass is 32.2. The second kappa shape index (κ2) is 6.71. The fourth-order valence-electron chi connectivity index (χ4n) is 4.31. The van der Waals surface area contributed by atoms with Crippen LogP contribution in [-0.2, 0) is 17.8 Å². The first-order chi connectivity index (χ1) is 13.5. The molecule has 0 saturated carbocycles. The van der Waals surface area contributed by atoms with E-state index in [2.05, 4.69) is 23.7 Å². The van der Waals surface area contributed by atoms with Gasteiger partial charge in [-0.15, -0.1) is 11.3 Å². The molecule has 148 valence electrons. The van der Waals surface area contributed by atoms with Gasteiger partial charge in [0.15, 0.2) is 5.16 Å². The highest BCUT2D eigenvalue weighted by Gasteiger charge is 2.33. The van der Waals surface area contributed by atoms with Crippen molar-refractivity contribution in [1.29, 1.82) is 0 Å². The molecule has 0 radical (unpaired) electrons. The van der Waals surface area contributed by atoms with Crippen molar-refractivity contribution in [3.63, 3.8) is 0 Å². The molecule has 1 saturated heterocycles. The van der Waals surface area contributed by atoms with Gasteiger partial charge in [0.25, 0.3) is 5.56 Å². The lowest BCUT2D eigenvalue weighted by molar-refractivity contribution is -0.0395. The number of pyridine rings is 1. The summed E-state index contributed by atoms with van der Waals surface area (Å²) >= 11 is 2.92. The molecule has 0 spiro atoms. The van der Waals surface area contributed by atoms with E-state index >= 15 is 0 Å². The molecule has 1 fully saturated rings. The standard InChI is InChI=1S/C20H24N4O2S2/c1-20(2)9-11-12(10-26-20)16(24-7-5-4-6-8-24)22-18-13(11)14-15(28-18)17(25)23-19(21-14)27-3/h4-10H2,1-3H3,(H,21,23,25). The molecule has 0 bridgehead atoms. The zero-order valence-electron chi connectivity index (χ0n) is 16.4. The van der Waals surface area contributed by atoms with Crippen LogP contribution in [0, 0.1) is 0 Å². The third kappa shape index (κ3) is 2.93. The van der Waals surface area contributed by atoms with Crippen LogP contribution in [-0.4, -0.2) is 39.9 Å². The molecular weight excluding hydrogens is 392 g/mol. The Morgan fingerprint density at radius 2 is 1.96 bits per heavy atom. The smallest absolute Gasteiger partial charge is 0.269 e. The number of aromatic amines is 1. The Labute approximate surface area is 171 Å². The average Bonchev–Trinajstić information content (AvgIpc) is 3.06. The number of aromatic nitrogens is 3. The van der Waals surface area contributed by atoms with Crippen molar-refractivity contribution in [2.24, 2.45) is 0 Å². The SMILES string of the molecule is CSc1nc2c(sc3nc(N4CCCCC4)c4c(c32)CC(C)(C)OC4)c(=O)[nH]1. The van der Waals surface area contributed by atoms with Gasteiger partial charge in [0, 0.05) is 30.5 Å². The first kappa shape index (κ1) is 18.4. The minimum atomic E-state index is -0.238. The summed E-state index contributed by atoms with van der Waals surface area (Å²) in [5.41, 5.74) is 2.93. The van der Waals surface area contributed by atoms with Crippen LogP contribution in [0.3, 0.4) is 0 Å². The van der Waals surface area contributed by atoms with Crippen molar-refractivity contribution >= 4 is 49.3 Å². The first-order valence-corrected chi connectivity index (χ1v) is 11.8. The number of thiophene rings is 1. The number of ether oxygens (including phenoxy) is 1. The number of fused-ring (bicyclic) bond motifs is 5. The molecule has 2 aliphatic rings. The number of hydrogen-bond donors (Lipinski definition) is 1. The Kier molecular flexibility index (Phi) is 4.41. The molecule has 3 aromatic heterocycles. The van der Waals surface area contributed by atoms with Gasteiger partial charge < -0.3 is 14.6 Å². The van der Waals surface area contributed by atoms with E-state index in [0.717, 1.165) is 41.1 Å². The van der Waals surface area contributed by atoms with Crippen molar-refractivity contribution in [2.45, 2.75) is 56.9 Å². The van der Waals surface area contributed by atoms with Gasteiger partial charge in [-0.3, -0.25) is 4.79 Å². The van der Waals surface area contributed by atoms with Gasteiger partial charge in [-0.1, -0.05) is 11.8 Å². The Morgan fingerprint density at radius 1 is 1.18 bits per heavy atom. The maximum atomic E-state index is 12.6. The van der Waals surface area contributed by atoms with Crippen LogP contribution in [0.4, 0.5) is 5.82 Å². The van der Waals surface area contributed by atoms with Crippen molar-refractivity contribution in [1.82, 2.24) is 15.0 Å². The van der Waals surface area contributed by atoms with E-state index in [9.17, 15) is 4.79 Å². The van der Waals surface area contributed by atoms with Crippen molar-refractivity contribution in [3.05, 3.63) is 21.5 Å². The number of nitrogens with one attached hydrogen (secondary N) is 1. The molecule has 28 heavy (non-hydrogen) atoms. The summed E-state index contributed by atoms with van der Waals surface area (Å²) in [7, 11) is 0. The third-order valence-electron chi connectivity index (χ3n) is 5.71. The molecule has 2 aliphatic heterocycles. The van der Waals surface area contributed by atoms with Gasteiger partial charge in [0.05, 0.1) is 17.7 Å². The minimum Gasteiger partial charge on any atom is -0.370 e. The Bertz CT molecular complexity index is 1130. The summed E-state index contributed by atoms with van der Waals surface area (Å²) in [6.45, 7) is 6.90. The molecule has 0 amide bonds. The van der Waals surface area contributed by atoms with Crippen molar-refractivity contribution < 1.29 is 4.74 Å². The first-order valence-electron chi connectivity index (χ1n) is 9.78. The molecular formula is C20H24N4O2S2.